The summed E-state index contributed by atoms with van der Waals surface area (Å²) in [5.41, 5.74) is 2.21. The van der Waals surface area contributed by atoms with E-state index in [1.807, 2.05) is 23.1 Å². The molecule has 114 valence electrons. The van der Waals surface area contributed by atoms with Crippen molar-refractivity contribution in [1.29, 1.82) is 0 Å². The van der Waals surface area contributed by atoms with E-state index in [1.54, 1.807) is 6.20 Å². The van der Waals surface area contributed by atoms with Crippen LogP contribution in [-0.4, -0.2) is 50.4 Å². The van der Waals surface area contributed by atoms with Crippen molar-refractivity contribution in [3.05, 3.63) is 34.7 Å². The fourth-order valence-corrected chi connectivity index (χ4v) is 3.18. The zero-order chi connectivity index (χ0) is 15.3. The van der Waals surface area contributed by atoms with Gasteiger partial charge in [0.25, 0.3) is 0 Å². The molecule has 0 radical (unpaired) electrons. The minimum Gasteiger partial charge on any atom is -0.453 e. The second-order valence-corrected chi connectivity index (χ2v) is 6.49. The van der Waals surface area contributed by atoms with Crippen LogP contribution in [-0.2, 0) is 6.54 Å². The highest BCUT2D eigenvalue weighted by Crippen LogP contribution is 2.29. The summed E-state index contributed by atoms with van der Waals surface area (Å²) in [6, 6.07) is 5.79. The van der Waals surface area contributed by atoms with Gasteiger partial charge in [0.1, 0.15) is 16.9 Å². The minimum atomic E-state index is -0.700. The summed E-state index contributed by atoms with van der Waals surface area (Å²) in [5.74, 6) is 0.650. The minimum absolute atomic E-state index is 0.431. The molecule has 0 saturated carbocycles. The quantitative estimate of drug-likeness (QED) is 0.720. The average Bonchev–Trinajstić information content (AvgIpc) is 2.99. The second-order valence-electron chi connectivity index (χ2n) is 5.57. The Morgan fingerprint density at radius 2 is 2.00 bits per heavy atom. The van der Waals surface area contributed by atoms with Crippen LogP contribution in [0.1, 0.15) is 5.82 Å². The molecule has 3 heterocycles. The number of benzene rings is 1. The maximum Gasteiger partial charge on any atom is 0.172 e. The molecule has 1 aromatic carbocycles. The van der Waals surface area contributed by atoms with Crippen molar-refractivity contribution in [3.8, 4) is 0 Å². The van der Waals surface area contributed by atoms with Crippen molar-refractivity contribution >= 4 is 38.0 Å². The first-order valence-electron chi connectivity index (χ1n) is 7.02. The molecular weight excluding hydrogens is 350 g/mol. The van der Waals surface area contributed by atoms with E-state index in [2.05, 4.69) is 25.9 Å². The Morgan fingerprint density at radius 3 is 2.77 bits per heavy atom. The smallest absolute Gasteiger partial charge is 0.172 e. The summed E-state index contributed by atoms with van der Waals surface area (Å²) >= 11 is 3.46. The van der Waals surface area contributed by atoms with Gasteiger partial charge in [-0.3, -0.25) is 4.90 Å². The van der Waals surface area contributed by atoms with Gasteiger partial charge < -0.3 is 14.6 Å². The Bertz CT molecular complexity index is 841. The first-order chi connectivity index (χ1) is 10.6. The number of nitrogens with zero attached hydrogens (tertiary/aromatic N) is 3. The average molecular weight is 364 g/mol. The highest BCUT2D eigenvalue weighted by molar-refractivity contribution is 9.10. The molecule has 1 aliphatic heterocycles. The Kier molecular flexibility index (Phi) is 3.37. The predicted octanol–water partition coefficient (Wildman–Crippen LogP) is 1.68. The number of rotatable bonds is 2. The van der Waals surface area contributed by atoms with Crippen molar-refractivity contribution in [2.45, 2.75) is 18.8 Å². The van der Waals surface area contributed by atoms with Gasteiger partial charge in [-0.15, -0.1) is 0 Å². The van der Waals surface area contributed by atoms with Crippen molar-refractivity contribution in [1.82, 2.24) is 14.9 Å². The van der Waals surface area contributed by atoms with Crippen molar-refractivity contribution < 1.29 is 14.6 Å². The lowest BCUT2D eigenvalue weighted by Gasteiger charge is -2.12. The van der Waals surface area contributed by atoms with E-state index in [9.17, 15) is 10.2 Å². The van der Waals surface area contributed by atoms with E-state index >= 15 is 0 Å². The maximum atomic E-state index is 9.60. The fraction of sp³-hybridized carbons (Fsp3) is 0.333. The fourth-order valence-electron chi connectivity index (χ4n) is 2.82. The molecule has 2 atom stereocenters. The van der Waals surface area contributed by atoms with Crippen molar-refractivity contribution in [3.63, 3.8) is 0 Å². The molecule has 7 heteroatoms. The normalized spacial score (nSPS) is 22.9. The lowest BCUT2D eigenvalue weighted by atomic mass is 10.2. The van der Waals surface area contributed by atoms with Gasteiger partial charge in [-0.2, -0.15) is 0 Å². The Balaban J connectivity index is 1.70. The highest BCUT2D eigenvalue weighted by atomic mass is 79.9. The number of aliphatic hydroxyl groups is 2. The van der Waals surface area contributed by atoms with Crippen LogP contribution < -0.4 is 0 Å². The Labute approximate surface area is 134 Å². The molecule has 3 aromatic rings. The summed E-state index contributed by atoms with van der Waals surface area (Å²) in [4.78, 5) is 10.8. The zero-order valence-corrected chi connectivity index (χ0v) is 13.2. The molecule has 4 rings (SSSR count). The summed E-state index contributed by atoms with van der Waals surface area (Å²) < 4.78 is 6.69. The SMILES string of the molecule is O[C@H]1CN(Cc2ncc3oc4ccc(Br)cc4c3n2)C[C@@H]1O. The first kappa shape index (κ1) is 14.1. The standard InChI is InChI=1S/C15H14BrN3O3/c16-8-1-2-12-9(3-8)15-13(22-12)4-17-14(18-15)7-19-5-10(20)11(21)6-19/h1-4,10-11,20-21H,5-7H2/t10-,11-/m0/s1. The van der Waals surface area contributed by atoms with Gasteiger partial charge in [0.05, 0.1) is 24.9 Å². The number of furan rings is 1. The molecule has 2 N–H and O–H groups in total. The van der Waals surface area contributed by atoms with E-state index in [0.717, 1.165) is 21.0 Å². The number of β-amino-alcohol motifs (C(OH)–C–C–N with tert-alkyl or cyclic N) is 2. The number of halogens is 1. The molecule has 0 bridgehead atoms. The van der Waals surface area contributed by atoms with Crippen LogP contribution in [0.5, 0.6) is 0 Å². The Morgan fingerprint density at radius 1 is 1.23 bits per heavy atom. The number of aromatic nitrogens is 2. The van der Waals surface area contributed by atoms with Gasteiger partial charge in [-0.05, 0) is 18.2 Å². The lowest BCUT2D eigenvalue weighted by molar-refractivity contribution is 0.0572. The van der Waals surface area contributed by atoms with Crippen molar-refractivity contribution in [2.75, 3.05) is 13.1 Å². The van der Waals surface area contributed by atoms with Crippen molar-refractivity contribution in [2.24, 2.45) is 0 Å². The van der Waals surface area contributed by atoms with Gasteiger partial charge in [0.15, 0.2) is 5.58 Å². The third kappa shape index (κ3) is 2.40. The maximum absolute atomic E-state index is 9.60. The summed E-state index contributed by atoms with van der Waals surface area (Å²) in [5, 5.41) is 20.1. The molecule has 0 spiro atoms. The lowest BCUT2D eigenvalue weighted by Crippen LogP contribution is -2.22. The molecule has 2 aromatic heterocycles. The summed E-state index contributed by atoms with van der Waals surface area (Å²) in [7, 11) is 0. The van der Waals surface area contributed by atoms with Gasteiger partial charge in [0.2, 0.25) is 0 Å². The third-order valence-corrected chi connectivity index (χ3v) is 4.41. The highest BCUT2D eigenvalue weighted by Gasteiger charge is 2.29. The van der Waals surface area contributed by atoms with Crippen LogP contribution in [0.25, 0.3) is 22.1 Å². The second kappa shape index (κ2) is 5.27. The van der Waals surface area contributed by atoms with E-state index in [4.69, 9.17) is 4.42 Å². The number of hydrogen-bond donors (Lipinski definition) is 2. The molecule has 1 saturated heterocycles. The molecule has 1 aliphatic rings. The summed E-state index contributed by atoms with van der Waals surface area (Å²) in [6.45, 7) is 1.35. The van der Waals surface area contributed by atoms with Gasteiger partial charge in [-0.25, -0.2) is 9.97 Å². The van der Waals surface area contributed by atoms with Crippen LogP contribution in [0.4, 0.5) is 0 Å². The number of aliphatic hydroxyl groups excluding tert-OH is 2. The van der Waals surface area contributed by atoms with E-state index in [0.29, 0.717) is 31.0 Å². The van der Waals surface area contributed by atoms with Crippen LogP contribution in [0.3, 0.4) is 0 Å². The van der Waals surface area contributed by atoms with E-state index in [1.165, 1.54) is 0 Å². The molecule has 6 nitrogen and oxygen atoms in total. The molecule has 0 unspecified atom stereocenters. The zero-order valence-electron chi connectivity index (χ0n) is 11.6. The van der Waals surface area contributed by atoms with Crippen LogP contribution >= 0.6 is 15.9 Å². The van der Waals surface area contributed by atoms with Gasteiger partial charge in [0, 0.05) is 22.9 Å². The number of hydrogen-bond acceptors (Lipinski definition) is 6. The first-order valence-corrected chi connectivity index (χ1v) is 7.81. The molecule has 0 amide bonds. The largest absolute Gasteiger partial charge is 0.453 e. The number of likely N-dealkylation sites (tertiary alicyclic amines) is 1. The predicted molar refractivity (Wildman–Crippen MR) is 84.3 cm³/mol. The molecule has 1 fully saturated rings. The monoisotopic (exact) mass is 363 g/mol. The molecular formula is C15H14BrN3O3. The molecule has 22 heavy (non-hydrogen) atoms. The topological polar surface area (TPSA) is 82.6 Å². The van der Waals surface area contributed by atoms with Gasteiger partial charge >= 0.3 is 0 Å². The van der Waals surface area contributed by atoms with Crippen LogP contribution in [0, 0.1) is 0 Å². The van der Waals surface area contributed by atoms with Gasteiger partial charge in [-0.1, -0.05) is 15.9 Å². The third-order valence-electron chi connectivity index (χ3n) is 3.92. The van der Waals surface area contributed by atoms with E-state index in [-0.39, 0.29) is 0 Å². The Hall–Kier alpha value is -1.54. The number of fused-ring (bicyclic) bond motifs is 3. The van der Waals surface area contributed by atoms with Crippen LogP contribution in [0.2, 0.25) is 0 Å². The summed E-state index contributed by atoms with van der Waals surface area (Å²) in [6.07, 6.45) is 0.276. The van der Waals surface area contributed by atoms with E-state index < -0.39 is 12.2 Å². The van der Waals surface area contributed by atoms with Crippen LogP contribution in [0.15, 0.2) is 33.3 Å². The molecule has 0 aliphatic carbocycles.